The van der Waals surface area contributed by atoms with Crippen LogP contribution in [0.5, 0.6) is 0 Å². The lowest BCUT2D eigenvalue weighted by molar-refractivity contribution is -0.187. The van der Waals surface area contributed by atoms with Crippen LogP contribution >= 0.6 is 0 Å². The van der Waals surface area contributed by atoms with Crippen molar-refractivity contribution in [1.82, 2.24) is 0 Å². The molecule has 0 unspecified atom stereocenters. The molecule has 0 aromatic rings. The Morgan fingerprint density at radius 1 is 0.964 bits per heavy atom. The van der Waals surface area contributed by atoms with E-state index in [4.69, 9.17) is 4.74 Å². The molecular formula is C24H34O4. The van der Waals surface area contributed by atoms with Gasteiger partial charge in [-0.1, -0.05) is 19.4 Å². The molecule has 6 atom stereocenters. The summed E-state index contributed by atoms with van der Waals surface area (Å²) in [5.74, 6) is 1.51. The molecule has 4 rings (SSSR count). The Morgan fingerprint density at radius 2 is 1.64 bits per heavy atom. The maximum Gasteiger partial charge on any atom is 0.303 e. The summed E-state index contributed by atoms with van der Waals surface area (Å²) in [5, 5.41) is 0. The van der Waals surface area contributed by atoms with E-state index in [9.17, 15) is 14.4 Å². The number of carbonyl (C=O) groups is 3. The molecule has 154 valence electrons. The van der Waals surface area contributed by atoms with Crippen molar-refractivity contribution in [3.63, 3.8) is 0 Å². The van der Waals surface area contributed by atoms with Crippen molar-refractivity contribution in [3.05, 3.63) is 11.1 Å². The predicted octanol–water partition coefficient (Wildman–Crippen LogP) is 4.80. The highest BCUT2D eigenvalue weighted by atomic mass is 16.6. The van der Waals surface area contributed by atoms with E-state index in [0.29, 0.717) is 36.4 Å². The number of Topliss-reactive ketones (excluding diaryl/α,β-unsaturated/α-hetero) is 2. The van der Waals surface area contributed by atoms with Crippen molar-refractivity contribution in [2.45, 2.75) is 91.6 Å². The van der Waals surface area contributed by atoms with Crippen LogP contribution in [-0.2, 0) is 19.1 Å². The summed E-state index contributed by atoms with van der Waals surface area (Å²) >= 11 is 0. The zero-order valence-electron chi connectivity index (χ0n) is 18.0. The molecule has 3 fully saturated rings. The zero-order chi connectivity index (χ0) is 20.5. The molecule has 3 saturated carbocycles. The van der Waals surface area contributed by atoms with E-state index in [1.165, 1.54) is 12.5 Å². The molecule has 0 radical (unpaired) electrons. The highest BCUT2D eigenvalue weighted by Crippen LogP contribution is 2.68. The van der Waals surface area contributed by atoms with Crippen LogP contribution in [0.25, 0.3) is 0 Å². The number of hydrogen-bond donors (Lipinski definition) is 0. The second-order valence-corrected chi connectivity index (χ2v) is 10.3. The first-order chi connectivity index (χ1) is 13.1. The van der Waals surface area contributed by atoms with E-state index in [2.05, 4.69) is 13.8 Å². The molecule has 0 aliphatic heterocycles. The minimum absolute atomic E-state index is 0.00728. The SMILES string of the molecule is CC(=O)O[C@]1(C(C)=O)CC[C@H]2[C@@H]3CCC4=C(C)C(=O)CC[C@]4(C)[C@H]3CC[C@@]21C. The third kappa shape index (κ3) is 2.39. The maximum absolute atomic E-state index is 12.8. The first-order valence-corrected chi connectivity index (χ1v) is 11.0. The smallest absolute Gasteiger partial charge is 0.303 e. The summed E-state index contributed by atoms with van der Waals surface area (Å²) in [6.45, 7) is 9.64. The average Bonchev–Trinajstić information content (AvgIpc) is 2.92. The second-order valence-electron chi connectivity index (χ2n) is 10.3. The molecule has 0 amide bonds. The second kappa shape index (κ2) is 6.27. The molecule has 0 spiro atoms. The van der Waals surface area contributed by atoms with Gasteiger partial charge in [0.15, 0.2) is 17.2 Å². The van der Waals surface area contributed by atoms with E-state index in [1.54, 1.807) is 6.92 Å². The highest BCUT2D eigenvalue weighted by Gasteiger charge is 2.67. The molecule has 0 N–H and O–H groups in total. The quantitative estimate of drug-likeness (QED) is 0.640. The predicted molar refractivity (Wildman–Crippen MR) is 107 cm³/mol. The van der Waals surface area contributed by atoms with Gasteiger partial charge in [0.1, 0.15) is 0 Å². The standard InChI is InChI=1S/C24H34O4/c1-14-18-7-6-17-19(22(18,4)11-10-21(14)27)8-12-23(5)20(17)9-13-24(23,15(2)25)28-16(3)26/h17,19-20H,6-13H2,1-5H3/t17-,19+,20+,22+,23+,24+/m1/s1. The third-order valence-electron chi connectivity index (χ3n) is 9.42. The van der Waals surface area contributed by atoms with E-state index in [0.717, 1.165) is 44.1 Å². The van der Waals surface area contributed by atoms with Gasteiger partial charge in [0.2, 0.25) is 0 Å². The topological polar surface area (TPSA) is 60.4 Å². The number of rotatable bonds is 2. The lowest BCUT2D eigenvalue weighted by Gasteiger charge is -2.59. The van der Waals surface area contributed by atoms with Gasteiger partial charge < -0.3 is 4.74 Å². The zero-order valence-corrected chi connectivity index (χ0v) is 18.0. The maximum atomic E-state index is 12.8. The summed E-state index contributed by atoms with van der Waals surface area (Å²) in [4.78, 5) is 37.0. The first-order valence-electron chi connectivity index (χ1n) is 11.0. The van der Waals surface area contributed by atoms with Crippen molar-refractivity contribution < 1.29 is 19.1 Å². The molecular weight excluding hydrogens is 352 g/mol. The van der Waals surface area contributed by atoms with Crippen molar-refractivity contribution in [1.29, 1.82) is 0 Å². The largest absolute Gasteiger partial charge is 0.451 e. The van der Waals surface area contributed by atoms with Crippen LogP contribution in [0.3, 0.4) is 0 Å². The summed E-state index contributed by atoms with van der Waals surface area (Å²) in [6.07, 6.45) is 7.31. The number of fused-ring (bicyclic) bond motifs is 5. The average molecular weight is 387 g/mol. The normalized spacial score (nSPS) is 45.2. The molecule has 0 bridgehead atoms. The molecule has 0 heterocycles. The first kappa shape index (κ1) is 19.8. The number of allylic oxidation sites excluding steroid dienone is 1. The molecule has 0 aromatic carbocycles. The summed E-state index contributed by atoms with van der Waals surface area (Å²) in [6, 6.07) is 0. The van der Waals surface area contributed by atoms with Crippen LogP contribution in [0.1, 0.15) is 86.0 Å². The molecule has 0 aromatic heterocycles. The highest BCUT2D eigenvalue weighted by molar-refractivity contribution is 5.96. The summed E-state index contributed by atoms with van der Waals surface area (Å²) in [7, 11) is 0. The van der Waals surface area contributed by atoms with E-state index in [1.807, 2.05) is 6.92 Å². The van der Waals surface area contributed by atoms with Crippen molar-refractivity contribution in [2.24, 2.45) is 28.6 Å². The fraction of sp³-hybridized carbons (Fsp3) is 0.792. The molecule has 4 aliphatic carbocycles. The fourth-order valence-corrected chi connectivity index (χ4v) is 8.04. The van der Waals surface area contributed by atoms with Crippen molar-refractivity contribution in [2.75, 3.05) is 0 Å². The van der Waals surface area contributed by atoms with E-state index in [-0.39, 0.29) is 22.6 Å². The van der Waals surface area contributed by atoms with Crippen LogP contribution in [0.15, 0.2) is 11.1 Å². The van der Waals surface area contributed by atoms with Crippen LogP contribution in [0.4, 0.5) is 0 Å². The van der Waals surface area contributed by atoms with E-state index >= 15 is 0 Å². The Hall–Kier alpha value is -1.45. The van der Waals surface area contributed by atoms with Gasteiger partial charge in [-0.15, -0.1) is 0 Å². The molecule has 4 nitrogen and oxygen atoms in total. The van der Waals surface area contributed by atoms with Gasteiger partial charge in [-0.3, -0.25) is 14.4 Å². The molecule has 28 heavy (non-hydrogen) atoms. The minimum Gasteiger partial charge on any atom is -0.451 e. The summed E-state index contributed by atoms with van der Waals surface area (Å²) < 4.78 is 5.83. The molecule has 4 heteroatoms. The lowest BCUT2D eigenvalue weighted by Crippen LogP contribution is -2.58. The van der Waals surface area contributed by atoms with Gasteiger partial charge in [0.25, 0.3) is 0 Å². The fourth-order valence-electron chi connectivity index (χ4n) is 8.04. The van der Waals surface area contributed by atoms with Gasteiger partial charge >= 0.3 is 5.97 Å². The van der Waals surface area contributed by atoms with Crippen LogP contribution in [0.2, 0.25) is 0 Å². The number of carbonyl (C=O) groups excluding carboxylic acids is 3. The Balaban J connectivity index is 1.72. The van der Waals surface area contributed by atoms with Gasteiger partial charge in [-0.25, -0.2) is 0 Å². The van der Waals surface area contributed by atoms with Crippen LogP contribution in [0, 0.1) is 28.6 Å². The Morgan fingerprint density at radius 3 is 2.29 bits per heavy atom. The third-order valence-corrected chi connectivity index (χ3v) is 9.42. The number of ether oxygens (including phenoxy) is 1. The lowest BCUT2D eigenvalue weighted by atomic mass is 9.45. The van der Waals surface area contributed by atoms with Gasteiger partial charge in [-0.05, 0) is 87.5 Å². The Bertz CT molecular complexity index is 779. The van der Waals surface area contributed by atoms with Gasteiger partial charge in [0.05, 0.1) is 0 Å². The van der Waals surface area contributed by atoms with Gasteiger partial charge in [-0.2, -0.15) is 0 Å². The molecule has 4 aliphatic rings. The molecule has 0 saturated heterocycles. The van der Waals surface area contributed by atoms with Crippen LogP contribution in [-0.4, -0.2) is 23.1 Å². The summed E-state index contributed by atoms with van der Waals surface area (Å²) in [5.41, 5.74) is 1.31. The number of hydrogen-bond acceptors (Lipinski definition) is 4. The van der Waals surface area contributed by atoms with E-state index < -0.39 is 5.60 Å². The van der Waals surface area contributed by atoms with Crippen LogP contribution < -0.4 is 0 Å². The number of esters is 1. The monoisotopic (exact) mass is 386 g/mol. The Labute approximate surface area is 168 Å². The van der Waals surface area contributed by atoms with Crippen molar-refractivity contribution in [3.8, 4) is 0 Å². The van der Waals surface area contributed by atoms with Gasteiger partial charge in [0, 0.05) is 18.8 Å². The number of ketones is 2. The Kier molecular flexibility index (Phi) is 4.45. The van der Waals surface area contributed by atoms with Crippen molar-refractivity contribution >= 4 is 17.5 Å². The minimum atomic E-state index is -0.954.